The summed E-state index contributed by atoms with van der Waals surface area (Å²) in [4.78, 5) is 21.3. The Hall–Kier alpha value is -1.12. The van der Waals surface area contributed by atoms with E-state index in [2.05, 4.69) is 5.32 Å². The molecule has 0 aromatic carbocycles. The first-order valence-electron chi connectivity index (χ1n) is 3.92. The van der Waals surface area contributed by atoms with Crippen molar-refractivity contribution in [1.82, 2.24) is 5.32 Å². The van der Waals surface area contributed by atoms with Gasteiger partial charge in [-0.15, -0.1) is 0 Å². The molecule has 0 aliphatic heterocycles. The second kappa shape index (κ2) is 5.52. The zero-order chi connectivity index (χ0) is 9.56. The number of carbonyl (C=O) groups excluding carboxylic acids is 2. The number of carbonyl (C=O) groups is 2. The lowest BCUT2D eigenvalue weighted by molar-refractivity contribution is -0.127. The lowest BCUT2D eigenvalue weighted by atomic mass is 10.3. The zero-order valence-electron chi connectivity index (χ0n) is 7.81. The maximum atomic E-state index is 10.9. The van der Waals surface area contributed by atoms with Gasteiger partial charge in [0.15, 0.2) is 0 Å². The molecule has 3 nitrogen and oxygen atoms in total. The van der Waals surface area contributed by atoms with Crippen molar-refractivity contribution >= 4 is 11.7 Å². The van der Waals surface area contributed by atoms with Gasteiger partial charge in [0.25, 0.3) is 0 Å². The molecular weight excluding hydrogens is 154 g/mol. The van der Waals surface area contributed by atoms with Gasteiger partial charge in [-0.1, -0.05) is 11.6 Å². The van der Waals surface area contributed by atoms with Crippen LogP contribution in [-0.2, 0) is 9.59 Å². The summed E-state index contributed by atoms with van der Waals surface area (Å²) in [6, 6.07) is 0. The van der Waals surface area contributed by atoms with Crippen molar-refractivity contribution in [3.05, 3.63) is 11.6 Å². The summed E-state index contributed by atoms with van der Waals surface area (Å²) in [5, 5.41) is 2.61. The number of hydrogen-bond acceptors (Lipinski definition) is 2. The van der Waals surface area contributed by atoms with Gasteiger partial charge in [0.05, 0.1) is 6.42 Å². The van der Waals surface area contributed by atoms with Crippen LogP contribution in [0.15, 0.2) is 11.6 Å². The Labute approximate surface area is 72.8 Å². The Morgan fingerprint density at radius 3 is 2.25 bits per heavy atom. The second-order valence-corrected chi connectivity index (χ2v) is 2.96. The number of Topliss-reactive ketones (excluding diaryl/α,β-unsaturated/α-hetero) is 1. The Balaban J connectivity index is 3.58. The van der Waals surface area contributed by atoms with E-state index >= 15 is 0 Å². The molecule has 3 heteroatoms. The molecule has 0 fully saturated rings. The average molecular weight is 169 g/mol. The first-order valence-corrected chi connectivity index (χ1v) is 3.92. The lowest BCUT2D eigenvalue weighted by Crippen LogP contribution is -2.25. The van der Waals surface area contributed by atoms with Crippen LogP contribution < -0.4 is 5.32 Å². The van der Waals surface area contributed by atoms with Gasteiger partial charge < -0.3 is 5.32 Å². The van der Waals surface area contributed by atoms with Crippen LogP contribution in [0, 0.1) is 0 Å². The van der Waals surface area contributed by atoms with Gasteiger partial charge in [-0.05, 0) is 20.8 Å². The van der Waals surface area contributed by atoms with Crippen LogP contribution in [0.4, 0.5) is 0 Å². The Morgan fingerprint density at radius 2 is 1.83 bits per heavy atom. The molecule has 0 unspecified atom stereocenters. The molecule has 0 aromatic rings. The molecule has 0 spiro atoms. The van der Waals surface area contributed by atoms with E-state index in [0.717, 1.165) is 5.57 Å². The van der Waals surface area contributed by atoms with E-state index in [-0.39, 0.29) is 18.1 Å². The molecular formula is C9H15NO2. The largest absolute Gasteiger partial charge is 0.352 e. The normalized spacial score (nSPS) is 8.92. The summed E-state index contributed by atoms with van der Waals surface area (Å²) in [5.41, 5.74) is 1.15. The van der Waals surface area contributed by atoms with E-state index in [0.29, 0.717) is 6.54 Å². The van der Waals surface area contributed by atoms with Gasteiger partial charge in [-0.2, -0.15) is 0 Å². The van der Waals surface area contributed by atoms with Crippen molar-refractivity contribution in [2.24, 2.45) is 0 Å². The fraction of sp³-hybridized carbons (Fsp3) is 0.556. The van der Waals surface area contributed by atoms with Crippen LogP contribution in [0.3, 0.4) is 0 Å². The molecule has 0 aliphatic carbocycles. The average Bonchev–Trinajstić information content (AvgIpc) is 1.84. The monoisotopic (exact) mass is 169 g/mol. The summed E-state index contributed by atoms with van der Waals surface area (Å²) >= 11 is 0. The second-order valence-electron chi connectivity index (χ2n) is 2.96. The summed E-state index contributed by atoms with van der Waals surface area (Å²) < 4.78 is 0. The molecule has 0 heterocycles. The molecule has 0 aliphatic rings. The van der Waals surface area contributed by atoms with Crippen LogP contribution in [-0.4, -0.2) is 18.2 Å². The number of nitrogens with one attached hydrogen (secondary N) is 1. The van der Waals surface area contributed by atoms with Crippen molar-refractivity contribution in [3.8, 4) is 0 Å². The van der Waals surface area contributed by atoms with Crippen LogP contribution in [0.2, 0.25) is 0 Å². The predicted octanol–water partition coefficient (Wildman–Crippen LogP) is 1.05. The molecule has 12 heavy (non-hydrogen) atoms. The summed E-state index contributed by atoms with van der Waals surface area (Å²) in [6.07, 6.45) is 1.88. The molecule has 0 radical (unpaired) electrons. The molecule has 68 valence electrons. The molecule has 1 N–H and O–H groups in total. The summed E-state index contributed by atoms with van der Waals surface area (Å²) in [7, 11) is 0. The molecule has 1 amide bonds. The number of amides is 1. The third-order valence-corrected chi connectivity index (χ3v) is 1.22. The SMILES string of the molecule is CC(=O)CC(=O)NCC=C(C)C. The third kappa shape index (κ3) is 6.99. The standard InChI is InChI=1S/C9H15NO2/c1-7(2)4-5-10-9(12)6-8(3)11/h4H,5-6H2,1-3H3,(H,10,12). The van der Waals surface area contributed by atoms with Crippen molar-refractivity contribution in [2.75, 3.05) is 6.54 Å². The maximum Gasteiger partial charge on any atom is 0.227 e. The van der Waals surface area contributed by atoms with Crippen molar-refractivity contribution < 1.29 is 9.59 Å². The van der Waals surface area contributed by atoms with E-state index in [1.165, 1.54) is 6.92 Å². The van der Waals surface area contributed by atoms with Crippen LogP contribution in [0.1, 0.15) is 27.2 Å². The number of ketones is 1. The minimum atomic E-state index is -0.208. The van der Waals surface area contributed by atoms with Gasteiger partial charge >= 0.3 is 0 Å². The Morgan fingerprint density at radius 1 is 1.25 bits per heavy atom. The molecule has 0 atom stereocenters. The highest BCUT2D eigenvalue weighted by Crippen LogP contribution is 1.86. The smallest absolute Gasteiger partial charge is 0.227 e. The quantitative estimate of drug-likeness (QED) is 0.505. The van der Waals surface area contributed by atoms with E-state index in [1.54, 1.807) is 0 Å². The van der Waals surface area contributed by atoms with Crippen LogP contribution in [0.5, 0.6) is 0 Å². The van der Waals surface area contributed by atoms with Crippen LogP contribution in [0.25, 0.3) is 0 Å². The van der Waals surface area contributed by atoms with Gasteiger partial charge in [0.2, 0.25) is 5.91 Å². The van der Waals surface area contributed by atoms with E-state index in [4.69, 9.17) is 0 Å². The first-order chi connectivity index (χ1) is 5.52. The van der Waals surface area contributed by atoms with Gasteiger partial charge in [0, 0.05) is 6.54 Å². The molecule has 0 bridgehead atoms. The van der Waals surface area contributed by atoms with Gasteiger partial charge in [-0.25, -0.2) is 0 Å². The summed E-state index contributed by atoms with van der Waals surface area (Å²) in [5.74, 6) is -0.315. The number of rotatable bonds is 4. The Kier molecular flexibility index (Phi) is 5.00. The lowest BCUT2D eigenvalue weighted by Gasteiger charge is -1.99. The predicted molar refractivity (Wildman–Crippen MR) is 47.7 cm³/mol. The molecule has 0 rings (SSSR count). The van der Waals surface area contributed by atoms with E-state index in [1.807, 2.05) is 19.9 Å². The third-order valence-electron chi connectivity index (χ3n) is 1.22. The topological polar surface area (TPSA) is 46.2 Å². The maximum absolute atomic E-state index is 10.9. The van der Waals surface area contributed by atoms with Crippen molar-refractivity contribution in [3.63, 3.8) is 0 Å². The van der Waals surface area contributed by atoms with E-state index in [9.17, 15) is 9.59 Å². The highest BCUT2D eigenvalue weighted by Gasteiger charge is 2.01. The Bertz CT molecular complexity index is 203. The van der Waals surface area contributed by atoms with E-state index < -0.39 is 0 Å². The fourth-order valence-corrected chi connectivity index (χ4v) is 0.658. The molecule has 0 saturated heterocycles. The number of allylic oxidation sites excluding steroid dienone is 1. The molecule has 0 saturated carbocycles. The van der Waals surface area contributed by atoms with Crippen LogP contribution >= 0.6 is 0 Å². The van der Waals surface area contributed by atoms with Crippen molar-refractivity contribution in [1.29, 1.82) is 0 Å². The van der Waals surface area contributed by atoms with Crippen molar-refractivity contribution in [2.45, 2.75) is 27.2 Å². The summed E-state index contributed by atoms with van der Waals surface area (Å²) in [6.45, 7) is 5.82. The zero-order valence-corrected chi connectivity index (χ0v) is 7.81. The minimum absolute atomic E-state index is 0.0173. The fourth-order valence-electron chi connectivity index (χ4n) is 0.658. The van der Waals surface area contributed by atoms with Gasteiger partial charge in [-0.3, -0.25) is 9.59 Å². The first kappa shape index (κ1) is 10.9. The molecule has 0 aromatic heterocycles. The number of hydrogen-bond donors (Lipinski definition) is 1. The van der Waals surface area contributed by atoms with Gasteiger partial charge in [0.1, 0.15) is 5.78 Å². The highest BCUT2D eigenvalue weighted by atomic mass is 16.2. The highest BCUT2D eigenvalue weighted by molar-refractivity contribution is 5.96. The minimum Gasteiger partial charge on any atom is -0.352 e.